The number of ketones is 1. The van der Waals surface area contributed by atoms with Crippen LogP contribution in [0.5, 0.6) is 0 Å². The van der Waals surface area contributed by atoms with E-state index in [0.29, 0.717) is 16.3 Å². The van der Waals surface area contributed by atoms with Crippen molar-refractivity contribution in [3.8, 4) is 0 Å². The molecule has 3 rings (SSSR count). The maximum atomic E-state index is 12.0. The van der Waals surface area contributed by atoms with Gasteiger partial charge in [-0.05, 0) is 42.5 Å². The quantitative estimate of drug-likeness (QED) is 0.699. The topological polar surface area (TPSA) is 74.8 Å². The van der Waals surface area contributed by atoms with E-state index in [0.717, 1.165) is 11.0 Å². The molecule has 0 unspecified atom stereocenters. The van der Waals surface area contributed by atoms with E-state index in [2.05, 4.69) is 15.3 Å². The Kier molecular flexibility index (Phi) is 4.39. The molecule has 0 aliphatic carbocycles. The summed E-state index contributed by atoms with van der Waals surface area (Å²) in [6, 6.07) is 12.1. The fourth-order valence-corrected chi connectivity index (χ4v) is 2.37. The van der Waals surface area contributed by atoms with Crippen molar-refractivity contribution in [2.45, 2.75) is 12.8 Å². The number of carbonyl (C=O) groups is 2. The van der Waals surface area contributed by atoms with Gasteiger partial charge in [0.1, 0.15) is 0 Å². The first-order valence-corrected chi connectivity index (χ1v) is 7.51. The molecule has 0 bridgehead atoms. The van der Waals surface area contributed by atoms with Gasteiger partial charge in [0.05, 0.1) is 17.4 Å². The van der Waals surface area contributed by atoms with E-state index in [1.807, 2.05) is 6.07 Å². The third kappa shape index (κ3) is 3.76. The van der Waals surface area contributed by atoms with Crippen LogP contribution in [0.25, 0.3) is 11.0 Å². The van der Waals surface area contributed by atoms with Gasteiger partial charge >= 0.3 is 0 Å². The molecular formula is C17H14ClN3O2. The number of fused-ring (bicyclic) bond motifs is 1. The van der Waals surface area contributed by atoms with E-state index in [1.54, 1.807) is 42.7 Å². The number of nitrogens with one attached hydrogen (secondary N) is 2. The maximum absolute atomic E-state index is 12.0. The standard InChI is InChI=1S/C17H14ClN3O2/c18-12-3-1-11(2-4-12)16(22)7-8-17(23)21-13-5-6-14-15(9-13)20-10-19-14/h1-6,9-10H,7-8H2,(H,19,20)(H,21,23). The van der Waals surface area contributed by atoms with Crippen molar-refractivity contribution in [3.05, 3.63) is 59.4 Å². The Balaban J connectivity index is 1.56. The number of Topliss-reactive ketones (excluding diaryl/α,β-unsaturated/α-hetero) is 1. The van der Waals surface area contributed by atoms with Crippen LogP contribution in [0.3, 0.4) is 0 Å². The molecule has 5 nitrogen and oxygen atoms in total. The lowest BCUT2D eigenvalue weighted by Crippen LogP contribution is -2.13. The highest BCUT2D eigenvalue weighted by Gasteiger charge is 2.10. The predicted octanol–water partition coefficient (Wildman–Crippen LogP) is 3.82. The van der Waals surface area contributed by atoms with Crippen LogP contribution >= 0.6 is 11.6 Å². The summed E-state index contributed by atoms with van der Waals surface area (Å²) in [6.07, 6.45) is 1.88. The average molecular weight is 328 g/mol. The summed E-state index contributed by atoms with van der Waals surface area (Å²) >= 11 is 5.78. The van der Waals surface area contributed by atoms with Gasteiger partial charge < -0.3 is 10.3 Å². The lowest BCUT2D eigenvalue weighted by atomic mass is 10.1. The smallest absolute Gasteiger partial charge is 0.224 e. The van der Waals surface area contributed by atoms with E-state index in [9.17, 15) is 9.59 Å². The third-order valence-electron chi connectivity index (χ3n) is 3.45. The van der Waals surface area contributed by atoms with Crippen molar-refractivity contribution >= 4 is 40.0 Å². The largest absolute Gasteiger partial charge is 0.345 e. The zero-order chi connectivity index (χ0) is 16.2. The minimum absolute atomic E-state index is 0.0826. The summed E-state index contributed by atoms with van der Waals surface area (Å²) in [6.45, 7) is 0. The van der Waals surface area contributed by atoms with Gasteiger partial charge in [-0.3, -0.25) is 9.59 Å². The molecule has 1 heterocycles. The fraction of sp³-hybridized carbons (Fsp3) is 0.118. The lowest BCUT2D eigenvalue weighted by molar-refractivity contribution is -0.116. The Hall–Kier alpha value is -2.66. The van der Waals surface area contributed by atoms with E-state index < -0.39 is 0 Å². The SMILES string of the molecule is O=C(CCC(=O)c1ccc(Cl)cc1)Nc1ccc2nc[nH]c2c1. The number of imidazole rings is 1. The summed E-state index contributed by atoms with van der Waals surface area (Å²) in [4.78, 5) is 31.1. The normalized spacial score (nSPS) is 10.7. The Morgan fingerprint density at radius 2 is 1.87 bits per heavy atom. The number of hydrogen-bond donors (Lipinski definition) is 2. The third-order valence-corrected chi connectivity index (χ3v) is 3.70. The second-order valence-corrected chi connectivity index (χ2v) is 5.55. The number of nitrogens with zero attached hydrogens (tertiary/aromatic N) is 1. The highest BCUT2D eigenvalue weighted by molar-refractivity contribution is 6.30. The van der Waals surface area contributed by atoms with Crippen molar-refractivity contribution in [1.29, 1.82) is 0 Å². The highest BCUT2D eigenvalue weighted by atomic mass is 35.5. The average Bonchev–Trinajstić information content (AvgIpc) is 3.01. The first-order chi connectivity index (χ1) is 11.1. The van der Waals surface area contributed by atoms with Crippen LogP contribution < -0.4 is 5.32 Å². The number of rotatable bonds is 5. The van der Waals surface area contributed by atoms with Crippen molar-refractivity contribution in [2.75, 3.05) is 5.32 Å². The monoisotopic (exact) mass is 327 g/mol. The lowest BCUT2D eigenvalue weighted by Gasteiger charge is -2.05. The van der Waals surface area contributed by atoms with Crippen LogP contribution in [-0.2, 0) is 4.79 Å². The molecule has 0 spiro atoms. The molecule has 0 radical (unpaired) electrons. The molecule has 23 heavy (non-hydrogen) atoms. The van der Waals surface area contributed by atoms with Crippen LogP contribution in [0.4, 0.5) is 5.69 Å². The molecule has 6 heteroatoms. The number of benzene rings is 2. The zero-order valence-electron chi connectivity index (χ0n) is 12.2. The van der Waals surface area contributed by atoms with Gasteiger partial charge in [0.25, 0.3) is 0 Å². The molecule has 3 aromatic rings. The van der Waals surface area contributed by atoms with Gasteiger partial charge in [0, 0.05) is 29.1 Å². The Bertz CT molecular complexity index is 856. The van der Waals surface area contributed by atoms with E-state index in [-0.39, 0.29) is 24.5 Å². The molecule has 2 aromatic carbocycles. The predicted molar refractivity (Wildman–Crippen MR) is 89.7 cm³/mol. The first-order valence-electron chi connectivity index (χ1n) is 7.13. The van der Waals surface area contributed by atoms with Crippen LogP contribution in [-0.4, -0.2) is 21.7 Å². The van der Waals surface area contributed by atoms with Crippen molar-refractivity contribution in [2.24, 2.45) is 0 Å². The summed E-state index contributed by atoms with van der Waals surface area (Å²) in [5.74, 6) is -0.285. The molecule has 0 fully saturated rings. The van der Waals surface area contributed by atoms with E-state index in [1.165, 1.54) is 0 Å². The summed E-state index contributed by atoms with van der Waals surface area (Å²) < 4.78 is 0. The number of halogens is 1. The number of amides is 1. The number of carbonyl (C=O) groups excluding carboxylic acids is 2. The molecule has 116 valence electrons. The first kappa shape index (κ1) is 15.2. The second-order valence-electron chi connectivity index (χ2n) is 5.11. The van der Waals surface area contributed by atoms with Crippen molar-refractivity contribution < 1.29 is 9.59 Å². The van der Waals surface area contributed by atoms with Gasteiger partial charge in [-0.15, -0.1) is 0 Å². The molecule has 0 saturated carbocycles. The van der Waals surface area contributed by atoms with Crippen LogP contribution in [0.1, 0.15) is 23.2 Å². The molecule has 0 aliphatic heterocycles. The Morgan fingerprint density at radius 1 is 1.09 bits per heavy atom. The summed E-state index contributed by atoms with van der Waals surface area (Å²) in [5.41, 5.74) is 2.91. The molecular weight excluding hydrogens is 314 g/mol. The minimum Gasteiger partial charge on any atom is -0.345 e. The number of hydrogen-bond acceptors (Lipinski definition) is 3. The number of H-pyrrole nitrogens is 1. The Labute approximate surface area is 137 Å². The van der Waals surface area contributed by atoms with Gasteiger partial charge in [0.2, 0.25) is 5.91 Å². The summed E-state index contributed by atoms with van der Waals surface area (Å²) in [7, 11) is 0. The van der Waals surface area contributed by atoms with Crippen molar-refractivity contribution in [3.63, 3.8) is 0 Å². The van der Waals surface area contributed by atoms with Crippen molar-refractivity contribution in [1.82, 2.24) is 9.97 Å². The molecule has 2 N–H and O–H groups in total. The van der Waals surface area contributed by atoms with Gasteiger partial charge in [-0.2, -0.15) is 0 Å². The minimum atomic E-state index is -0.203. The number of anilines is 1. The summed E-state index contributed by atoms with van der Waals surface area (Å²) in [5, 5.41) is 3.36. The molecule has 0 saturated heterocycles. The van der Waals surface area contributed by atoms with Gasteiger partial charge in [-0.25, -0.2) is 4.98 Å². The second kappa shape index (κ2) is 6.62. The Morgan fingerprint density at radius 3 is 2.65 bits per heavy atom. The number of aromatic nitrogens is 2. The molecule has 1 amide bonds. The highest BCUT2D eigenvalue weighted by Crippen LogP contribution is 2.16. The maximum Gasteiger partial charge on any atom is 0.224 e. The van der Waals surface area contributed by atoms with Crippen LogP contribution in [0.2, 0.25) is 5.02 Å². The zero-order valence-corrected chi connectivity index (χ0v) is 12.9. The van der Waals surface area contributed by atoms with E-state index in [4.69, 9.17) is 11.6 Å². The van der Waals surface area contributed by atoms with E-state index >= 15 is 0 Å². The number of aromatic amines is 1. The molecule has 0 aliphatic rings. The van der Waals surface area contributed by atoms with Crippen LogP contribution in [0, 0.1) is 0 Å². The fourth-order valence-electron chi connectivity index (χ4n) is 2.24. The van der Waals surface area contributed by atoms with Gasteiger partial charge in [-0.1, -0.05) is 11.6 Å². The molecule has 1 aromatic heterocycles. The van der Waals surface area contributed by atoms with Crippen LogP contribution in [0.15, 0.2) is 48.8 Å². The van der Waals surface area contributed by atoms with Gasteiger partial charge in [0.15, 0.2) is 5.78 Å². The molecule has 0 atom stereocenters.